The van der Waals surface area contributed by atoms with Crippen molar-refractivity contribution in [1.29, 1.82) is 0 Å². The summed E-state index contributed by atoms with van der Waals surface area (Å²) in [7, 11) is 1.78. The van der Waals surface area contributed by atoms with E-state index in [-0.39, 0.29) is 24.3 Å². The molecule has 0 aliphatic heterocycles. The predicted molar refractivity (Wildman–Crippen MR) is 89.6 cm³/mol. The average molecular weight is 331 g/mol. The van der Waals surface area contributed by atoms with E-state index in [4.69, 9.17) is 0 Å². The molecule has 7 heteroatoms. The van der Waals surface area contributed by atoms with E-state index < -0.39 is 0 Å². The SMILES string of the molecule is Cc1cc(C)n2nc(CC(=O)N(C)CC3CCCCC3O)nc2n1. The highest BCUT2D eigenvalue weighted by molar-refractivity contribution is 5.77. The van der Waals surface area contributed by atoms with Crippen molar-refractivity contribution >= 4 is 11.7 Å². The minimum Gasteiger partial charge on any atom is -0.393 e. The number of aliphatic hydroxyl groups is 1. The van der Waals surface area contributed by atoms with Crippen LogP contribution in [0.1, 0.15) is 42.9 Å². The molecule has 1 aliphatic carbocycles. The number of amides is 1. The Bertz CT molecular complexity index is 742. The summed E-state index contributed by atoms with van der Waals surface area (Å²) in [5.41, 5.74) is 1.83. The smallest absolute Gasteiger partial charge is 0.252 e. The molecule has 2 aromatic heterocycles. The second-order valence-corrected chi connectivity index (χ2v) is 6.84. The van der Waals surface area contributed by atoms with Gasteiger partial charge in [0.2, 0.25) is 5.91 Å². The van der Waals surface area contributed by atoms with Crippen molar-refractivity contribution in [3.63, 3.8) is 0 Å². The molecule has 1 N–H and O–H groups in total. The molecule has 130 valence electrons. The van der Waals surface area contributed by atoms with E-state index in [2.05, 4.69) is 15.1 Å². The van der Waals surface area contributed by atoms with E-state index in [1.54, 1.807) is 16.5 Å². The number of likely N-dealkylation sites (N-methyl/N-ethyl adjacent to an activating group) is 1. The molecule has 3 rings (SSSR count). The summed E-state index contributed by atoms with van der Waals surface area (Å²) >= 11 is 0. The molecule has 1 aliphatic rings. The fourth-order valence-electron chi connectivity index (χ4n) is 3.41. The van der Waals surface area contributed by atoms with Gasteiger partial charge in [0.15, 0.2) is 5.82 Å². The maximum Gasteiger partial charge on any atom is 0.252 e. The normalized spacial score (nSPS) is 21.2. The van der Waals surface area contributed by atoms with Gasteiger partial charge in [-0.2, -0.15) is 4.98 Å². The van der Waals surface area contributed by atoms with E-state index in [1.807, 2.05) is 19.9 Å². The minimum atomic E-state index is -0.294. The number of aromatic nitrogens is 4. The largest absolute Gasteiger partial charge is 0.393 e. The lowest BCUT2D eigenvalue weighted by atomic mass is 9.86. The van der Waals surface area contributed by atoms with E-state index in [1.165, 1.54) is 0 Å². The molecule has 2 atom stereocenters. The maximum absolute atomic E-state index is 12.5. The van der Waals surface area contributed by atoms with Crippen molar-refractivity contribution < 1.29 is 9.90 Å². The lowest BCUT2D eigenvalue weighted by Crippen LogP contribution is -2.38. The Morgan fingerprint density at radius 1 is 1.33 bits per heavy atom. The number of aliphatic hydroxyl groups excluding tert-OH is 1. The van der Waals surface area contributed by atoms with E-state index in [0.717, 1.165) is 37.1 Å². The Hall–Kier alpha value is -2.02. The Labute approximate surface area is 141 Å². The van der Waals surface area contributed by atoms with Gasteiger partial charge in [0, 0.05) is 30.9 Å². The summed E-state index contributed by atoms with van der Waals surface area (Å²) < 4.78 is 1.67. The molecule has 1 amide bonds. The zero-order chi connectivity index (χ0) is 17.3. The standard InChI is InChI=1S/C17H25N5O2/c1-11-8-12(2)22-17(18-11)19-15(20-22)9-16(24)21(3)10-13-6-4-5-7-14(13)23/h8,13-14,23H,4-7,9-10H2,1-3H3. The van der Waals surface area contributed by atoms with Gasteiger partial charge in [-0.1, -0.05) is 12.8 Å². The molecule has 0 saturated heterocycles. The molecular formula is C17H25N5O2. The van der Waals surface area contributed by atoms with Crippen molar-refractivity contribution in [2.75, 3.05) is 13.6 Å². The number of hydrogen-bond acceptors (Lipinski definition) is 5. The lowest BCUT2D eigenvalue weighted by molar-refractivity contribution is -0.130. The number of nitrogens with zero attached hydrogens (tertiary/aromatic N) is 5. The topological polar surface area (TPSA) is 83.6 Å². The summed E-state index contributed by atoms with van der Waals surface area (Å²) in [6.07, 6.45) is 3.88. The Morgan fingerprint density at radius 3 is 2.83 bits per heavy atom. The zero-order valence-electron chi connectivity index (χ0n) is 14.6. The van der Waals surface area contributed by atoms with Gasteiger partial charge in [0.25, 0.3) is 5.78 Å². The van der Waals surface area contributed by atoms with E-state index >= 15 is 0 Å². The number of aryl methyl sites for hydroxylation is 2. The zero-order valence-corrected chi connectivity index (χ0v) is 14.6. The molecule has 0 aromatic carbocycles. The highest BCUT2D eigenvalue weighted by Gasteiger charge is 2.26. The Balaban J connectivity index is 1.66. The molecule has 2 aromatic rings. The third kappa shape index (κ3) is 3.56. The summed E-state index contributed by atoms with van der Waals surface area (Å²) in [6, 6.07) is 1.93. The fraction of sp³-hybridized carbons (Fsp3) is 0.647. The monoisotopic (exact) mass is 331 g/mol. The number of carbonyl (C=O) groups excluding carboxylic acids is 1. The number of hydrogen-bond donors (Lipinski definition) is 1. The second-order valence-electron chi connectivity index (χ2n) is 6.84. The van der Waals surface area contributed by atoms with Crippen LogP contribution in [0.25, 0.3) is 5.78 Å². The molecule has 2 heterocycles. The summed E-state index contributed by atoms with van der Waals surface area (Å²) in [4.78, 5) is 22.9. The quantitative estimate of drug-likeness (QED) is 0.913. The molecule has 7 nitrogen and oxygen atoms in total. The van der Waals surface area contributed by atoms with Crippen molar-refractivity contribution in [3.8, 4) is 0 Å². The Kier molecular flexibility index (Phi) is 4.80. The van der Waals surface area contributed by atoms with Crippen LogP contribution in [0, 0.1) is 19.8 Å². The van der Waals surface area contributed by atoms with Crippen LogP contribution in [0.2, 0.25) is 0 Å². The third-order valence-electron chi connectivity index (χ3n) is 4.77. The molecule has 2 unspecified atom stereocenters. The van der Waals surface area contributed by atoms with Crippen molar-refractivity contribution in [3.05, 3.63) is 23.3 Å². The molecule has 0 radical (unpaired) electrons. The van der Waals surface area contributed by atoms with E-state index in [9.17, 15) is 9.90 Å². The van der Waals surface area contributed by atoms with Gasteiger partial charge in [0.05, 0.1) is 12.5 Å². The molecular weight excluding hydrogens is 306 g/mol. The van der Waals surface area contributed by atoms with E-state index in [0.29, 0.717) is 18.1 Å². The highest BCUT2D eigenvalue weighted by atomic mass is 16.3. The molecule has 1 saturated carbocycles. The predicted octanol–water partition coefficient (Wildman–Crippen LogP) is 1.29. The van der Waals surface area contributed by atoms with Crippen LogP contribution in [-0.4, -0.2) is 55.2 Å². The van der Waals surface area contributed by atoms with Gasteiger partial charge < -0.3 is 10.0 Å². The van der Waals surface area contributed by atoms with Crippen LogP contribution < -0.4 is 0 Å². The van der Waals surface area contributed by atoms with Gasteiger partial charge in [-0.3, -0.25) is 4.79 Å². The lowest BCUT2D eigenvalue weighted by Gasteiger charge is -2.31. The Morgan fingerprint density at radius 2 is 2.08 bits per heavy atom. The van der Waals surface area contributed by atoms with Crippen molar-refractivity contribution in [2.24, 2.45) is 5.92 Å². The van der Waals surface area contributed by atoms with Crippen LogP contribution in [0.4, 0.5) is 0 Å². The fourth-order valence-corrected chi connectivity index (χ4v) is 3.41. The number of fused-ring (bicyclic) bond motifs is 1. The van der Waals surface area contributed by atoms with Crippen LogP contribution in [0.15, 0.2) is 6.07 Å². The van der Waals surface area contributed by atoms with Crippen LogP contribution in [-0.2, 0) is 11.2 Å². The first kappa shape index (κ1) is 16.8. The number of rotatable bonds is 4. The molecule has 0 bridgehead atoms. The first-order valence-corrected chi connectivity index (χ1v) is 8.56. The maximum atomic E-state index is 12.5. The van der Waals surface area contributed by atoms with Crippen molar-refractivity contribution in [2.45, 2.75) is 52.1 Å². The summed E-state index contributed by atoms with van der Waals surface area (Å²) in [6.45, 7) is 4.44. The van der Waals surface area contributed by atoms with Gasteiger partial charge in [0.1, 0.15) is 0 Å². The first-order valence-electron chi connectivity index (χ1n) is 8.56. The van der Waals surface area contributed by atoms with Crippen LogP contribution in [0.5, 0.6) is 0 Å². The average Bonchev–Trinajstić information content (AvgIpc) is 2.92. The van der Waals surface area contributed by atoms with Crippen LogP contribution in [0.3, 0.4) is 0 Å². The van der Waals surface area contributed by atoms with Gasteiger partial charge in [-0.25, -0.2) is 9.50 Å². The first-order chi connectivity index (χ1) is 11.4. The van der Waals surface area contributed by atoms with Gasteiger partial charge >= 0.3 is 0 Å². The summed E-state index contributed by atoms with van der Waals surface area (Å²) in [5, 5.41) is 14.5. The van der Waals surface area contributed by atoms with Gasteiger partial charge in [-0.05, 0) is 32.8 Å². The molecule has 1 fully saturated rings. The minimum absolute atomic E-state index is 0.0296. The van der Waals surface area contributed by atoms with Crippen LogP contribution >= 0.6 is 0 Å². The second kappa shape index (κ2) is 6.84. The molecule has 24 heavy (non-hydrogen) atoms. The highest BCUT2D eigenvalue weighted by Crippen LogP contribution is 2.25. The summed E-state index contributed by atoms with van der Waals surface area (Å²) in [5.74, 6) is 1.16. The third-order valence-corrected chi connectivity index (χ3v) is 4.77. The van der Waals surface area contributed by atoms with Crippen molar-refractivity contribution in [1.82, 2.24) is 24.5 Å². The number of carbonyl (C=O) groups is 1. The van der Waals surface area contributed by atoms with Gasteiger partial charge in [-0.15, -0.1) is 5.10 Å². The molecule has 0 spiro atoms.